The van der Waals surface area contributed by atoms with Crippen LogP contribution in [0.15, 0.2) is 54.1 Å². The number of aliphatic hydroxyl groups is 1. The molecule has 0 saturated carbocycles. The number of nitro benzene ring substituents is 1. The van der Waals surface area contributed by atoms with Gasteiger partial charge >= 0.3 is 0 Å². The first-order valence-electron chi connectivity index (χ1n) is 10.0. The van der Waals surface area contributed by atoms with E-state index in [0.29, 0.717) is 11.3 Å². The summed E-state index contributed by atoms with van der Waals surface area (Å²) in [6.45, 7) is 4.05. The molecule has 3 rings (SSSR count). The van der Waals surface area contributed by atoms with Crippen molar-refractivity contribution in [1.29, 1.82) is 0 Å². The minimum absolute atomic E-state index is 0.0591. The standard InChI is InChI=1S/C23H24N2O7/c1-14(2)32-12-11-24-20(15-7-9-18(31-3)10-8-15)19(22(27)23(24)28)21(26)16-5-4-6-17(13-16)25(29)30/h4-10,13-14,20,26H,11-12H2,1-3H3/b21-19-. The Hall–Kier alpha value is -3.72. The molecule has 1 heterocycles. The minimum Gasteiger partial charge on any atom is -0.507 e. The van der Waals surface area contributed by atoms with Gasteiger partial charge < -0.3 is 19.5 Å². The fourth-order valence-electron chi connectivity index (χ4n) is 3.55. The molecular formula is C23H24N2O7. The summed E-state index contributed by atoms with van der Waals surface area (Å²) in [6.07, 6.45) is -0.0591. The van der Waals surface area contributed by atoms with Gasteiger partial charge in [-0.1, -0.05) is 24.3 Å². The lowest BCUT2D eigenvalue weighted by molar-refractivity contribution is -0.384. The SMILES string of the molecule is COc1ccc(C2/C(=C(/O)c3cccc([N+](=O)[O-])c3)C(=O)C(=O)N2CCOC(C)C)cc1. The van der Waals surface area contributed by atoms with E-state index in [9.17, 15) is 24.8 Å². The second kappa shape index (κ2) is 9.61. The zero-order valence-electron chi connectivity index (χ0n) is 18.0. The number of nitro groups is 1. The van der Waals surface area contributed by atoms with Gasteiger partial charge in [0.25, 0.3) is 17.4 Å². The minimum atomic E-state index is -0.879. The number of likely N-dealkylation sites (tertiary alicyclic amines) is 1. The average Bonchev–Trinajstić information content (AvgIpc) is 3.03. The van der Waals surface area contributed by atoms with Gasteiger partial charge in [-0.2, -0.15) is 0 Å². The van der Waals surface area contributed by atoms with E-state index in [0.717, 1.165) is 6.07 Å². The van der Waals surface area contributed by atoms with Crippen molar-refractivity contribution in [2.45, 2.75) is 26.0 Å². The Morgan fingerprint density at radius 2 is 1.88 bits per heavy atom. The Morgan fingerprint density at radius 1 is 1.19 bits per heavy atom. The Bertz CT molecular complexity index is 1060. The number of benzene rings is 2. The summed E-state index contributed by atoms with van der Waals surface area (Å²) in [5.41, 5.74) is 0.287. The van der Waals surface area contributed by atoms with Crippen LogP contribution >= 0.6 is 0 Å². The zero-order valence-corrected chi connectivity index (χ0v) is 18.0. The molecule has 1 aliphatic heterocycles. The number of aliphatic hydroxyl groups excluding tert-OH is 1. The number of rotatable bonds is 8. The summed E-state index contributed by atoms with van der Waals surface area (Å²) in [6, 6.07) is 11.2. The van der Waals surface area contributed by atoms with Crippen LogP contribution < -0.4 is 4.74 Å². The number of Topliss-reactive ketones (excluding diaryl/α,β-unsaturated/α-hetero) is 1. The third-order valence-corrected chi connectivity index (χ3v) is 5.09. The third kappa shape index (κ3) is 4.62. The maximum absolute atomic E-state index is 12.9. The van der Waals surface area contributed by atoms with Gasteiger partial charge in [0.15, 0.2) is 0 Å². The molecule has 1 fully saturated rings. The average molecular weight is 440 g/mol. The number of non-ortho nitro benzene ring substituents is 1. The van der Waals surface area contributed by atoms with E-state index in [1.54, 1.807) is 24.3 Å². The lowest BCUT2D eigenvalue weighted by Crippen LogP contribution is -2.33. The van der Waals surface area contributed by atoms with Crippen molar-refractivity contribution >= 4 is 23.1 Å². The molecule has 1 atom stereocenters. The van der Waals surface area contributed by atoms with Gasteiger partial charge in [0.2, 0.25) is 0 Å². The molecule has 0 spiro atoms. The van der Waals surface area contributed by atoms with E-state index < -0.39 is 28.4 Å². The molecule has 2 aromatic rings. The van der Waals surface area contributed by atoms with Crippen molar-refractivity contribution in [2.75, 3.05) is 20.3 Å². The monoisotopic (exact) mass is 440 g/mol. The number of nitrogens with zero attached hydrogens (tertiary/aromatic N) is 2. The molecule has 0 aromatic heterocycles. The van der Waals surface area contributed by atoms with Crippen LogP contribution in [0.1, 0.15) is 31.0 Å². The maximum atomic E-state index is 12.9. The molecule has 1 saturated heterocycles. The molecule has 168 valence electrons. The van der Waals surface area contributed by atoms with Crippen LogP contribution in [0.2, 0.25) is 0 Å². The van der Waals surface area contributed by atoms with Gasteiger partial charge in [-0.05, 0) is 31.5 Å². The molecule has 0 radical (unpaired) electrons. The van der Waals surface area contributed by atoms with Crippen LogP contribution in [0.5, 0.6) is 5.75 Å². The molecule has 9 nitrogen and oxygen atoms in total. The topological polar surface area (TPSA) is 119 Å². The van der Waals surface area contributed by atoms with Gasteiger partial charge in [-0.3, -0.25) is 19.7 Å². The highest BCUT2D eigenvalue weighted by atomic mass is 16.6. The van der Waals surface area contributed by atoms with Crippen molar-refractivity contribution in [2.24, 2.45) is 0 Å². The van der Waals surface area contributed by atoms with Crippen LogP contribution in [0, 0.1) is 10.1 Å². The summed E-state index contributed by atoms with van der Waals surface area (Å²) in [5, 5.41) is 22.1. The van der Waals surface area contributed by atoms with E-state index >= 15 is 0 Å². The molecule has 32 heavy (non-hydrogen) atoms. The van der Waals surface area contributed by atoms with Gasteiger partial charge in [0, 0.05) is 24.2 Å². The summed E-state index contributed by atoms with van der Waals surface area (Å²) in [4.78, 5) is 37.7. The van der Waals surface area contributed by atoms with Crippen molar-refractivity contribution in [3.8, 4) is 5.75 Å². The molecule has 0 aliphatic carbocycles. The molecule has 1 amide bonds. The van der Waals surface area contributed by atoms with E-state index in [-0.39, 0.29) is 36.1 Å². The number of carbonyl (C=O) groups is 2. The first kappa shape index (κ1) is 23.0. The number of carbonyl (C=O) groups excluding carboxylic acids is 2. The lowest BCUT2D eigenvalue weighted by Gasteiger charge is -2.25. The molecule has 9 heteroatoms. The highest BCUT2D eigenvalue weighted by Crippen LogP contribution is 2.40. The summed E-state index contributed by atoms with van der Waals surface area (Å²) >= 11 is 0. The first-order valence-corrected chi connectivity index (χ1v) is 10.0. The molecule has 1 aliphatic rings. The van der Waals surface area contributed by atoms with Crippen LogP contribution in [0.3, 0.4) is 0 Å². The second-order valence-corrected chi connectivity index (χ2v) is 7.49. The number of amides is 1. The number of ether oxygens (including phenoxy) is 2. The molecule has 0 bridgehead atoms. The smallest absolute Gasteiger partial charge is 0.295 e. The highest BCUT2D eigenvalue weighted by Gasteiger charge is 2.46. The van der Waals surface area contributed by atoms with Crippen molar-refractivity contribution < 1.29 is 29.1 Å². The van der Waals surface area contributed by atoms with E-state index in [1.807, 2.05) is 13.8 Å². The highest BCUT2D eigenvalue weighted by molar-refractivity contribution is 6.46. The fourth-order valence-corrected chi connectivity index (χ4v) is 3.55. The van der Waals surface area contributed by atoms with Crippen LogP contribution in [0.25, 0.3) is 5.76 Å². The third-order valence-electron chi connectivity index (χ3n) is 5.09. The Kier molecular flexibility index (Phi) is 6.89. The van der Waals surface area contributed by atoms with Gasteiger partial charge in [0.05, 0.1) is 36.4 Å². The van der Waals surface area contributed by atoms with E-state index in [4.69, 9.17) is 9.47 Å². The summed E-state index contributed by atoms with van der Waals surface area (Å²) in [5.74, 6) is -1.52. The summed E-state index contributed by atoms with van der Waals surface area (Å²) in [7, 11) is 1.52. The van der Waals surface area contributed by atoms with Crippen molar-refractivity contribution in [1.82, 2.24) is 4.90 Å². The molecule has 1 N–H and O–H groups in total. The van der Waals surface area contributed by atoms with E-state index in [2.05, 4.69) is 0 Å². The Balaban J connectivity index is 2.11. The van der Waals surface area contributed by atoms with Gasteiger partial charge in [-0.25, -0.2) is 0 Å². The van der Waals surface area contributed by atoms with E-state index in [1.165, 1.54) is 30.2 Å². The first-order chi connectivity index (χ1) is 15.2. The van der Waals surface area contributed by atoms with Crippen LogP contribution in [-0.2, 0) is 14.3 Å². The predicted octanol–water partition coefficient (Wildman–Crippen LogP) is 3.45. The van der Waals surface area contributed by atoms with Gasteiger partial charge in [-0.15, -0.1) is 0 Å². The van der Waals surface area contributed by atoms with Crippen LogP contribution in [-0.4, -0.2) is 53.0 Å². The lowest BCUT2D eigenvalue weighted by atomic mass is 9.95. The van der Waals surface area contributed by atoms with Crippen LogP contribution in [0.4, 0.5) is 5.69 Å². The molecular weight excluding hydrogens is 416 g/mol. The predicted molar refractivity (Wildman–Crippen MR) is 116 cm³/mol. The number of hydrogen-bond acceptors (Lipinski definition) is 7. The molecule has 2 aromatic carbocycles. The normalized spacial score (nSPS) is 17.8. The largest absolute Gasteiger partial charge is 0.507 e. The van der Waals surface area contributed by atoms with Crippen molar-refractivity contribution in [3.63, 3.8) is 0 Å². The zero-order chi connectivity index (χ0) is 23.4. The number of methoxy groups -OCH3 is 1. The Labute approximate surface area is 185 Å². The quantitative estimate of drug-likeness (QED) is 0.219. The summed E-state index contributed by atoms with van der Waals surface area (Å²) < 4.78 is 10.7. The Morgan fingerprint density at radius 3 is 2.47 bits per heavy atom. The van der Waals surface area contributed by atoms with Crippen molar-refractivity contribution in [3.05, 3.63) is 75.3 Å². The van der Waals surface area contributed by atoms with Gasteiger partial charge in [0.1, 0.15) is 11.5 Å². The maximum Gasteiger partial charge on any atom is 0.295 e. The second-order valence-electron chi connectivity index (χ2n) is 7.49. The molecule has 1 unspecified atom stereocenters. The fraction of sp³-hybridized carbons (Fsp3) is 0.304. The number of hydrogen-bond donors (Lipinski definition) is 1. The number of ketones is 1.